The summed E-state index contributed by atoms with van der Waals surface area (Å²) in [6.45, 7) is 8.51. The fourth-order valence-electron chi connectivity index (χ4n) is 2.72. The lowest BCUT2D eigenvalue weighted by molar-refractivity contribution is -0.129. The van der Waals surface area contributed by atoms with E-state index in [0.717, 1.165) is 32.4 Å². The van der Waals surface area contributed by atoms with Gasteiger partial charge in [-0.1, -0.05) is 20.8 Å². The van der Waals surface area contributed by atoms with Crippen LogP contribution in [0.5, 0.6) is 0 Å². The maximum Gasteiger partial charge on any atom is 0.225 e. The second-order valence-electron chi connectivity index (χ2n) is 6.87. The lowest BCUT2D eigenvalue weighted by Gasteiger charge is -2.38. The zero-order valence-electron chi connectivity index (χ0n) is 13.1. The van der Waals surface area contributed by atoms with E-state index in [0.29, 0.717) is 12.5 Å². The second kappa shape index (κ2) is 7.96. The molecule has 0 aromatic carbocycles. The van der Waals surface area contributed by atoms with Crippen LogP contribution in [-0.2, 0) is 4.79 Å². The Bertz CT molecular complexity index is 302. The number of likely N-dealkylation sites (tertiary alicyclic amines) is 1. The molecule has 0 aromatic rings. The van der Waals surface area contributed by atoms with Crippen molar-refractivity contribution < 1.29 is 15.0 Å². The minimum atomic E-state index is -0.375. The van der Waals surface area contributed by atoms with E-state index in [1.54, 1.807) is 0 Å². The molecular weight excluding hydrogens is 256 g/mol. The summed E-state index contributed by atoms with van der Waals surface area (Å²) >= 11 is 0. The first-order valence-corrected chi connectivity index (χ1v) is 7.62. The van der Waals surface area contributed by atoms with Crippen LogP contribution in [0.15, 0.2) is 0 Å². The molecule has 1 fully saturated rings. The second-order valence-corrected chi connectivity index (χ2v) is 6.87. The highest BCUT2D eigenvalue weighted by Crippen LogP contribution is 2.22. The van der Waals surface area contributed by atoms with E-state index in [4.69, 9.17) is 10.2 Å². The average Bonchev–Trinajstić information content (AvgIpc) is 2.35. The Morgan fingerprint density at radius 1 is 1.25 bits per heavy atom. The number of hydrogen-bond donors (Lipinski definition) is 3. The van der Waals surface area contributed by atoms with Crippen LogP contribution in [0, 0.1) is 11.3 Å². The molecule has 5 nitrogen and oxygen atoms in total. The Morgan fingerprint density at radius 2 is 1.95 bits per heavy atom. The third-order valence-electron chi connectivity index (χ3n) is 3.82. The van der Waals surface area contributed by atoms with Crippen molar-refractivity contribution in [3.63, 3.8) is 0 Å². The molecule has 5 heteroatoms. The third kappa shape index (κ3) is 5.77. The first kappa shape index (κ1) is 17.4. The number of carbonyl (C=O) groups is 1. The van der Waals surface area contributed by atoms with Crippen LogP contribution in [0.4, 0.5) is 0 Å². The monoisotopic (exact) mass is 286 g/mol. The molecule has 1 aliphatic rings. The average molecular weight is 286 g/mol. The summed E-state index contributed by atoms with van der Waals surface area (Å²) < 4.78 is 0. The van der Waals surface area contributed by atoms with Gasteiger partial charge in [0.05, 0.1) is 6.61 Å². The normalized spacial score (nSPS) is 24.6. The van der Waals surface area contributed by atoms with Crippen molar-refractivity contribution in [3.8, 4) is 0 Å². The minimum Gasteiger partial charge on any atom is -0.396 e. The SMILES string of the molecule is CC(C)(C)C(=O)NC1CC(CCCO)CN(CCO)C1. The highest BCUT2D eigenvalue weighted by Gasteiger charge is 2.30. The Morgan fingerprint density at radius 3 is 2.50 bits per heavy atom. The Balaban J connectivity index is 2.57. The summed E-state index contributed by atoms with van der Waals surface area (Å²) in [6, 6.07) is 0.144. The van der Waals surface area contributed by atoms with Gasteiger partial charge in [0, 0.05) is 37.7 Å². The number of β-amino-alcohol motifs (C(OH)–C–C–N with tert-alkyl or cyclic N) is 1. The van der Waals surface area contributed by atoms with Gasteiger partial charge in [-0.05, 0) is 25.2 Å². The van der Waals surface area contributed by atoms with E-state index in [9.17, 15) is 4.79 Å². The van der Waals surface area contributed by atoms with E-state index in [2.05, 4.69) is 10.2 Å². The lowest BCUT2D eigenvalue weighted by atomic mass is 9.89. The number of amides is 1. The largest absolute Gasteiger partial charge is 0.396 e. The van der Waals surface area contributed by atoms with Gasteiger partial charge >= 0.3 is 0 Å². The molecular formula is C15H30N2O3. The van der Waals surface area contributed by atoms with Gasteiger partial charge in [0.1, 0.15) is 0 Å². The Labute approximate surface area is 122 Å². The minimum absolute atomic E-state index is 0.0780. The summed E-state index contributed by atoms with van der Waals surface area (Å²) in [5.41, 5.74) is -0.375. The molecule has 1 saturated heterocycles. The number of piperidine rings is 1. The van der Waals surface area contributed by atoms with Crippen LogP contribution >= 0.6 is 0 Å². The van der Waals surface area contributed by atoms with Crippen LogP contribution in [0.1, 0.15) is 40.0 Å². The summed E-state index contributed by atoms with van der Waals surface area (Å²) in [6.07, 6.45) is 2.74. The standard InChI is InChI=1S/C15H30N2O3/c1-15(2,3)14(20)16-13-9-12(5-4-7-18)10-17(11-13)6-8-19/h12-13,18-19H,4-11H2,1-3H3,(H,16,20). The Kier molecular flexibility index (Phi) is 6.92. The van der Waals surface area contributed by atoms with E-state index >= 15 is 0 Å². The van der Waals surface area contributed by atoms with E-state index in [1.807, 2.05) is 20.8 Å². The number of carbonyl (C=O) groups excluding carboxylic acids is 1. The van der Waals surface area contributed by atoms with Gasteiger partial charge in [0.25, 0.3) is 0 Å². The van der Waals surface area contributed by atoms with Crippen molar-refractivity contribution in [2.45, 2.75) is 46.1 Å². The van der Waals surface area contributed by atoms with Crippen LogP contribution in [0.25, 0.3) is 0 Å². The first-order chi connectivity index (χ1) is 9.36. The number of nitrogens with one attached hydrogen (secondary N) is 1. The molecule has 2 atom stereocenters. The van der Waals surface area contributed by atoms with Crippen LogP contribution in [-0.4, -0.2) is 59.9 Å². The molecule has 0 spiro atoms. The predicted molar refractivity (Wildman–Crippen MR) is 79.3 cm³/mol. The molecule has 1 amide bonds. The summed E-state index contributed by atoms with van der Waals surface area (Å²) in [5, 5.41) is 21.2. The number of aliphatic hydroxyl groups is 2. The highest BCUT2D eigenvalue weighted by molar-refractivity contribution is 5.81. The molecule has 1 rings (SSSR count). The molecule has 1 heterocycles. The molecule has 0 bridgehead atoms. The lowest BCUT2D eigenvalue weighted by Crippen LogP contribution is -2.53. The van der Waals surface area contributed by atoms with Crippen molar-refractivity contribution in [2.75, 3.05) is 32.8 Å². The topological polar surface area (TPSA) is 72.8 Å². The zero-order valence-corrected chi connectivity index (χ0v) is 13.1. The van der Waals surface area contributed by atoms with Crippen molar-refractivity contribution in [1.29, 1.82) is 0 Å². The fraction of sp³-hybridized carbons (Fsp3) is 0.933. The first-order valence-electron chi connectivity index (χ1n) is 7.62. The molecule has 1 aliphatic heterocycles. The third-order valence-corrected chi connectivity index (χ3v) is 3.82. The summed E-state index contributed by atoms with van der Waals surface area (Å²) in [4.78, 5) is 14.3. The molecule has 20 heavy (non-hydrogen) atoms. The van der Waals surface area contributed by atoms with Crippen LogP contribution < -0.4 is 5.32 Å². The Hall–Kier alpha value is -0.650. The van der Waals surface area contributed by atoms with Crippen molar-refractivity contribution in [1.82, 2.24) is 10.2 Å². The molecule has 0 radical (unpaired) electrons. The van der Waals surface area contributed by atoms with Crippen molar-refractivity contribution in [2.24, 2.45) is 11.3 Å². The number of nitrogens with zero attached hydrogens (tertiary/aromatic N) is 1. The predicted octanol–water partition coefficient (Wildman–Crippen LogP) is 0.604. The van der Waals surface area contributed by atoms with E-state index in [1.165, 1.54) is 0 Å². The number of rotatable bonds is 6. The zero-order chi connectivity index (χ0) is 15.2. The van der Waals surface area contributed by atoms with Gasteiger partial charge in [0.15, 0.2) is 0 Å². The van der Waals surface area contributed by atoms with Crippen LogP contribution in [0.3, 0.4) is 0 Å². The number of aliphatic hydroxyl groups excluding tert-OH is 2. The molecule has 0 saturated carbocycles. The summed E-state index contributed by atoms with van der Waals surface area (Å²) in [5.74, 6) is 0.557. The molecule has 2 unspecified atom stereocenters. The summed E-state index contributed by atoms with van der Waals surface area (Å²) in [7, 11) is 0. The molecule has 118 valence electrons. The van der Waals surface area contributed by atoms with Gasteiger partial charge in [-0.3, -0.25) is 9.69 Å². The number of hydrogen-bond acceptors (Lipinski definition) is 4. The van der Waals surface area contributed by atoms with Gasteiger partial charge in [-0.25, -0.2) is 0 Å². The van der Waals surface area contributed by atoms with Gasteiger partial charge < -0.3 is 15.5 Å². The van der Waals surface area contributed by atoms with Crippen molar-refractivity contribution in [3.05, 3.63) is 0 Å². The molecule has 0 aliphatic carbocycles. The smallest absolute Gasteiger partial charge is 0.225 e. The maximum atomic E-state index is 12.1. The van der Waals surface area contributed by atoms with Crippen molar-refractivity contribution >= 4 is 5.91 Å². The molecule has 3 N–H and O–H groups in total. The fourth-order valence-corrected chi connectivity index (χ4v) is 2.72. The molecule has 0 aromatic heterocycles. The van der Waals surface area contributed by atoms with E-state index in [-0.39, 0.29) is 30.6 Å². The quantitative estimate of drug-likeness (QED) is 0.669. The van der Waals surface area contributed by atoms with Gasteiger partial charge in [-0.15, -0.1) is 0 Å². The maximum absolute atomic E-state index is 12.1. The van der Waals surface area contributed by atoms with Gasteiger partial charge in [0.2, 0.25) is 5.91 Å². The van der Waals surface area contributed by atoms with Gasteiger partial charge in [-0.2, -0.15) is 0 Å². The van der Waals surface area contributed by atoms with Crippen LogP contribution in [0.2, 0.25) is 0 Å². The highest BCUT2D eigenvalue weighted by atomic mass is 16.3. The van der Waals surface area contributed by atoms with E-state index < -0.39 is 0 Å².